The Morgan fingerprint density at radius 3 is 1.87 bits per heavy atom. The van der Waals surface area contributed by atoms with Crippen LogP contribution in [0.3, 0.4) is 0 Å². The number of alkyl carbamates (subject to hydrolysis) is 1. The molecule has 1 aromatic rings. The molecule has 14 nitrogen and oxygen atoms in total. The quantitative estimate of drug-likeness (QED) is 0.126. The number of amides is 4. The fraction of sp³-hybridized carbons (Fsp3) is 0.581. The maximum Gasteiger partial charge on any atom is 0.408 e. The summed E-state index contributed by atoms with van der Waals surface area (Å²) in [4.78, 5) is 88.1. The van der Waals surface area contributed by atoms with Crippen LogP contribution in [0.25, 0.3) is 0 Å². The van der Waals surface area contributed by atoms with Gasteiger partial charge in [0.15, 0.2) is 5.78 Å². The van der Waals surface area contributed by atoms with Crippen LogP contribution < -0.4 is 21.3 Å². The summed E-state index contributed by atoms with van der Waals surface area (Å²) in [5.41, 5.74) is 0.733. The van der Waals surface area contributed by atoms with E-state index in [0.717, 1.165) is 19.8 Å². The highest BCUT2D eigenvalue weighted by molar-refractivity contribution is 5.97. The van der Waals surface area contributed by atoms with E-state index in [2.05, 4.69) is 30.7 Å². The topological polar surface area (TPSA) is 195 Å². The molecule has 0 aliphatic heterocycles. The van der Waals surface area contributed by atoms with Crippen LogP contribution in [-0.2, 0) is 49.6 Å². The Bertz CT molecular complexity index is 1200. The minimum absolute atomic E-state index is 0.0388. The van der Waals surface area contributed by atoms with E-state index in [0.29, 0.717) is 0 Å². The maximum atomic E-state index is 13.5. The molecule has 0 saturated heterocycles. The van der Waals surface area contributed by atoms with Crippen molar-refractivity contribution in [3.63, 3.8) is 0 Å². The van der Waals surface area contributed by atoms with Crippen LogP contribution in [0.2, 0.25) is 0 Å². The lowest BCUT2D eigenvalue weighted by Gasteiger charge is -2.28. The number of hydrogen-bond acceptors (Lipinski definition) is 10. The van der Waals surface area contributed by atoms with Crippen LogP contribution in [0.15, 0.2) is 30.3 Å². The summed E-state index contributed by atoms with van der Waals surface area (Å²) in [6.45, 7) is 5.33. The first kappa shape index (κ1) is 39.5. The van der Waals surface area contributed by atoms with Crippen molar-refractivity contribution in [3.05, 3.63) is 35.9 Å². The fourth-order valence-electron chi connectivity index (χ4n) is 4.15. The van der Waals surface area contributed by atoms with Crippen molar-refractivity contribution >= 4 is 41.5 Å². The highest BCUT2D eigenvalue weighted by Gasteiger charge is 2.34. The number of benzene rings is 1. The zero-order chi connectivity index (χ0) is 34.8. The van der Waals surface area contributed by atoms with Gasteiger partial charge in [-0.05, 0) is 30.2 Å². The zero-order valence-corrected chi connectivity index (χ0v) is 27.1. The van der Waals surface area contributed by atoms with Gasteiger partial charge in [0.05, 0.1) is 20.6 Å². The summed E-state index contributed by atoms with van der Waals surface area (Å²) in [6, 6.07) is 3.58. The molecule has 46 heavy (non-hydrogen) atoms. The standard InChI is InChI=1S/C31H45FN4O10/c1-18(2)14-23(35-31(43)46-17-20-10-8-7-9-11-20)29(41)33-21(12-13-25(38)44-5)28(40)36-27(19(3)4)30(42)34-22(24(37)16-32)15-26(39)45-6/h7-11,18-19,21-23,27H,12-17H2,1-6H3,(H,33,41)(H,34,42)(H,35,43)(H,36,40)/t21-,22-,23-,27-/m0/s1. The van der Waals surface area contributed by atoms with E-state index in [1.165, 1.54) is 0 Å². The van der Waals surface area contributed by atoms with Crippen LogP contribution in [0.4, 0.5) is 9.18 Å². The fourth-order valence-corrected chi connectivity index (χ4v) is 4.15. The van der Waals surface area contributed by atoms with E-state index in [9.17, 15) is 38.0 Å². The number of ketones is 1. The van der Waals surface area contributed by atoms with Gasteiger partial charge in [-0.15, -0.1) is 0 Å². The van der Waals surface area contributed by atoms with Crippen LogP contribution in [0.1, 0.15) is 58.9 Å². The lowest BCUT2D eigenvalue weighted by Crippen LogP contribution is -2.59. The van der Waals surface area contributed by atoms with Crippen LogP contribution >= 0.6 is 0 Å². The normalized spacial score (nSPS) is 13.4. The molecular formula is C31H45FN4O10. The smallest absolute Gasteiger partial charge is 0.408 e. The van der Waals surface area contributed by atoms with E-state index in [1.807, 2.05) is 19.9 Å². The SMILES string of the molecule is COC(=O)CC[C@H](NC(=O)[C@H](CC(C)C)NC(=O)OCc1ccccc1)C(=O)N[C@H](C(=O)N[C@@H](CC(=O)OC)C(=O)CF)C(C)C. The molecule has 0 heterocycles. The number of ether oxygens (including phenoxy) is 3. The van der Waals surface area contributed by atoms with Gasteiger partial charge in [-0.2, -0.15) is 0 Å². The molecule has 0 aliphatic carbocycles. The van der Waals surface area contributed by atoms with Crippen LogP contribution in [-0.4, -0.2) is 86.6 Å². The summed E-state index contributed by atoms with van der Waals surface area (Å²) in [5, 5.41) is 9.83. The predicted molar refractivity (Wildman–Crippen MR) is 163 cm³/mol. The highest BCUT2D eigenvalue weighted by atomic mass is 19.1. The average Bonchev–Trinajstić information content (AvgIpc) is 3.02. The first-order valence-corrected chi connectivity index (χ1v) is 14.8. The molecular weight excluding hydrogens is 607 g/mol. The molecule has 1 rings (SSSR count). The van der Waals surface area contributed by atoms with Gasteiger partial charge >= 0.3 is 18.0 Å². The molecule has 0 saturated carbocycles. The summed E-state index contributed by atoms with van der Waals surface area (Å²) in [7, 11) is 2.22. The number of Topliss-reactive ketones (excluding diaryl/α,β-unsaturated/α-hetero) is 1. The number of esters is 2. The highest BCUT2D eigenvalue weighted by Crippen LogP contribution is 2.11. The second kappa shape index (κ2) is 20.5. The maximum absolute atomic E-state index is 13.5. The van der Waals surface area contributed by atoms with E-state index < -0.39 is 84.7 Å². The van der Waals surface area contributed by atoms with Crippen molar-refractivity contribution < 1.29 is 52.2 Å². The number of nitrogens with one attached hydrogen (secondary N) is 4. The van der Waals surface area contributed by atoms with Gasteiger partial charge in [0.25, 0.3) is 0 Å². The number of alkyl halides is 1. The molecule has 4 N–H and O–H groups in total. The van der Waals surface area contributed by atoms with Crippen molar-refractivity contribution in [2.45, 2.75) is 84.2 Å². The molecule has 1 aromatic carbocycles. The third kappa shape index (κ3) is 14.5. The van der Waals surface area contributed by atoms with Gasteiger partial charge in [0.2, 0.25) is 17.7 Å². The number of carbonyl (C=O) groups is 7. The number of methoxy groups -OCH3 is 2. The summed E-state index contributed by atoms with van der Waals surface area (Å²) >= 11 is 0. The lowest BCUT2D eigenvalue weighted by molar-refractivity contribution is -0.144. The van der Waals surface area contributed by atoms with Gasteiger partial charge < -0.3 is 35.5 Å². The molecule has 0 aliphatic rings. The molecule has 0 aromatic heterocycles. The van der Waals surface area contributed by atoms with E-state index in [4.69, 9.17) is 4.74 Å². The lowest BCUT2D eigenvalue weighted by atomic mass is 10.00. The number of carbonyl (C=O) groups excluding carboxylic acids is 7. The Hall–Kier alpha value is -4.56. The molecule has 0 bridgehead atoms. The van der Waals surface area contributed by atoms with Crippen molar-refractivity contribution in [2.24, 2.45) is 11.8 Å². The number of rotatable bonds is 19. The Morgan fingerprint density at radius 1 is 0.739 bits per heavy atom. The first-order chi connectivity index (χ1) is 21.7. The Balaban J connectivity index is 3.13. The van der Waals surface area contributed by atoms with Crippen molar-refractivity contribution in [3.8, 4) is 0 Å². The Labute approximate surface area is 267 Å². The Morgan fingerprint density at radius 2 is 1.33 bits per heavy atom. The number of halogens is 1. The largest absolute Gasteiger partial charge is 0.469 e. The van der Waals surface area contributed by atoms with Crippen LogP contribution in [0.5, 0.6) is 0 Å². The van der Waals surface area contributed by atoms with E-state index >= 15 is 0 Å². The molecule has 0 radical (unpaired) electrons. The predicted octanol–water partition coefficient (Wildman–Crippen LogP) is 1.49. The molecule has 0 unspecified atom stereocenters. The van der Waals surface area contributed by atoms with E-state index in [1.54, 1.807) is 38.1 Å². The molecule has 0 fully saturated rings. The molecule has 256 valence electrons. The first-order valence-electron chi connectivity index (χ1n) is 14.8. The summed E-state index contributed by atoms with van der Waals surface area (Å²) in [5.74, 6) is -5.73. The minimum Gasteiger partial charge on any atom is -0.469 e. The van der Waals surface area contributed by atoms with Crippen molar-refractivity contribution in [1.82, 2.24) is 21.3 Å². The van der Waals surface area contributed by atoms with Gasteiger partial charge in [0, 0.05) is 6.42 Å². The average molecular weight is 653 g/mol. The van der Waals surface area contributed by atoms with Gasteiger partial charge in [-0.3, -0.25) is 28.8 Å². The van der Waals surface area contributed by atoms with Crippen LogP contribution in [0, 0.1) is 11.8 Å². The van der Waals surface area contributed by atoms with Gasteiger partial charge in [-0.25, -0.2) is 9.18 Å². The molecule has 4 atom stereocenters. The van der Waals surface area contributed by atoms with E-state index in [-0.39, 0.29) is 31.8 Å². The van der Waals surface area contributed by atoms with Crippen molar-refractivity contribution in [1.29, 1.82) is 0 Å². The molecule has 0 spiro atoms. The summed E-state index contributed by atoms with van der Waals surface area (Å²) in [6.07, 6.45) is -1.81. The monoisotopic (exact) mass is 652 g/mol. The zero-order valence-electron chi connectivity index (χ0n) is 27.1. The number of hydrogen-bond donors (Lipinski definition) is 4. The third-order valence-electron chi connectivity index (χ3n) is 6.71. The Kier molecular flexibility index (Phi) is 17.6. The second-order valence-electron chi connectivity index (χ2n) is 11.2. The van der Waals surface area contributed by atoms with Crippen molar-refractivity contribution in [2.75, 3.05) is 20.9 Å². The molecule has 15 heteroatoms. The second-order valence-corrected chi connectivity index (χ2v) is 11.2. The van der Waals surface area contributed by atoms with Gasteiger partial charge in [0.1, 0.15) is 37.4 Å². The minimum atomic E-state index is -1.54. The van der Waals surface area contributed by atoms with Gasteiger partial charge in [-0.1, -0.05) is 58.0 Å². The summed E-state index contributed by atoms with van der Waals surface area (Å²) < 4.78 is 27.5. The third-order valence-corrected chi connectivity index (χ3v) is 6.71. The molecule has 4 amide bonds.